The normalized spacial score (nSPS) is 27.1. The summed E-state index contributed by atoms with van der Waals surface area (Å²) in [6.07, 6.45) is 4.56. The first-order valence-electron chi connectivity index (χ1n) is 7.27. The Hall–Kier alpha value is -0.130. The summed E-state index contributed by atoms with van der Waals surface area (Å²) in [5.41, 5.74) is 0. The van der Waals surface area contributed by atoms with Crippen LogP contribution in [0.15, 0.2) is 0 Å². The first kappa shape index (κ1) is 14.3. The molecule has 0 radical (unpaired) electrons. The summed E-state index contributed by atoms with van der Waals surface area (Å²) in [4.78, 5) is 2.34. The van der Waals surface area contributed by atoms with E-state index in [1.54, 1.807) is 0 Å². The summed E-state index contributed by atoms with van der Waals surface area (Å²) >= 11 is 0. The summed E-state index contributed by atoms with van der Waals surface area (Å²) in [6, 6.07) is 0.598. The van der Waals surface area contributed by atoms with Crippen LogP contribution >= 0.6 is 0 Å². The smallest absolute Gasteiger partial charge is 0.151 e. The fraction of sp³-hybridized carbons (Fsp3) is 1.00. The van der Waals surface area contributed by atoms with Crippen molar-refractivity contribution in [3.05, 3.63) is 0 Å². The van der Waals surface area contributed by atoms with Gasteiger partial charge in [0, 0.05) is 24.9 Å². The molecule has 1 atom stereocenters. The minimum atomic E-state index is -2.83. The van der Waals surface area contributed by atoms with Gasteiger partial charge in [0.15, 0.2) is 9.84 Å². The van der Waals surface area contributed by atoms with Crippen LogP contribution in [0.4, 0.5) is 0 Å². The highest BCUT2D eigenvalue weighted by Gasteiger charge is 2.33. The van der Waals surface area contributed by atoms with E-state index in [2.05, 4.69) is 10.2 Å². The van der Waals surface area contributed by atoms with Crippen LogP contribution < -0.4 is 5.32 Å². The predicted octanol–water partition coefficient (Wildman–Crippen LogP) is 0.885. The average Bonchev–Trinajstić information content (AvgIpc) is 3.13. The van der Waals surface area contributed by atoms with Gasteiger partial charge in [0.05, 0.1) is 5.75 Å². The van der Waals surface area contributed by atoms with Crippen LogP contribution in [0.5, 0.6) is 0 Å². The minimum absolute atomic E-state index is 0.332. The van der Waals surface area contributed by atoms with Crippen molar-refractivity contribution in [3.63, 3.8) is 0 Å². The number of sulfone groups is 1. The van der Waals surface area contributed by atoms with Crippen molar-refractivity contribution < 1.29 is 8.42 Å². The van der Waals surface area contributed by atoms with Crippen LogP contribution in [0.25, 0.3) is 0 Å². The molecule has 1 saturated carbocycles. The first-order valence-corrected chi connectivity index (χ1v) is 9.09. The monoisotopic (exact) mass is 274 g/mol. The lowest BCUT2D eigenvalue weighted by atomic mass is 10.2. The molecule has 1 saturated heterocycles. The van der Waals surface area contributed by atoms with Crippen molar-refractivity contribution in [3.8, 4) is 0 Å². The lowest BCUT2D eigenvalue weighted by Crippen LogP contribution is -2.40. The lowest BCUT2D eigenvalue weighted by Gasteiger charge is -2.24. The minimum Gasteiger partial charge on any atom is -0.312 e. The summed E-state index contributed by atoms with van der Waals surface area (Å²) in [6.45, 7) is 5.80. The Balaban J connectivity index is 1.80. The van der Waals surface area contributed by atoms with Gasteiger partial charge in [-0.15, -0.1) is 0 Å². The fourth-order valence-corrected chi connectivity index (χ4v) is 4.09. The average molecular weight is 274 g/mol. The third-order valence-corrected chi connectivity index (χ3v) is 5.77. The number of nitrogens with zero attached hydrogens (tertiary/aromatic N) is 1. The second-order valence-corrected chi connectivity index (χ2v) is 8.01. The zero-order valence-corrected chi connectivity index (χ0v) is 12.2. The Morgan fingerprint density at radius 1 is 1.28 bits per heavy atom. The Kier molecular flexibility index (Phi) is 5.04. The van der Waals surface area contributed by atoms with Crippen LogP contribution in [0.3, 0.4) is 0 Å². The van der Waals surface area contributed by atoms with E-state index in [4.69, 9.17) is 0 Å². The van der Waals surface area contributed by atoms with E-state index in [0.29, 0.717) is 24.1 Å². The van der Waals surface area contributed by atoms with Gasteiger partial charge in [-0.2, -0.15) is 0 Å². The SMILES string of the molecule is CCCS(=O)(=O)CCN1CCCNC(C2CC2)C1. The van der Waals surface area contributed by atoms with Gasteiger partial charge < -0.3 is 10.2 Å². The molecule has 2 aliphatic rings. The molecule has 1 N–H and O–H groups in total. The van der Waals surface area contributed by atoms with Gasteiger partial charge in [0.25, 0.3) is 0 Å². The number of hydrogen-bond acceptors (Lipinski definition) is 4. The summed E-state index contributed by atoms with van der Waals surface area (Å²) in [5.74, 6) is 1.52. The van der Waals surface area contributed by atoms with Crippen molar-refractivity contribution in [2.24, 2.45) is 5.92 Å². The van der Waals surface area contributed by atoms with Crippen LogP contribution in [-0.4, -0.2) is 57.0 Å². The molecule has 2 fully saturated rings. The Bertz CT molecular complexity index is 352. The van der Waals surface area contributed by atoms with Gasteiger partial charge in [-0.3, -0.25) is 0 Å². The molecule has 2 rings (SSSR count). The molecule has 1 aliphatic carbocycles. The highest BCUT2D eigenvalue weighted by Crippen LogP contribution is 2.33. The van der Waals surface area contributed by atoms with E-state index in [1.807, 2.05) is 6.92 Å². The van der Waals surface area contributed by atoms with Gasteiger partial charge in [-0.05, 0) is 44.7 Å². The zero-order chi connectivity index (χ0) is 13.0. The summed E-state index contributed by atoms with van der Waals surface area (Å²) in [7, 11) is -2.83. The summed E-state index contributed by atoms with van der Waals surface area (Å²) < 4.78 is 23.5. The zero-order valence-electron chi connectivity index (χ0n) is 11.4. The topological polar surface area (TPSA) is 49.4 Å². The molecule has 1 unspecified atom stereocenters. The third kappa shape index (κ3) is 4.52. The van der Waals surface area contributed by atoms with E-state index in [9.17, 15) is 8.42 Å². The number of hydrogen-bond donors (Lipinski definition) is 1. The highest BCUT2D eigenvalue weighted by atomic mass is 32.2. The summed E-state index contributed by atoms with van der Waals surface area (Å²) in [5, 5.41) is 3.60. The molecular formula is C13H26N2O2S. The van der Waals surface area contributed by atoms with E-state index >= 15 is 0 Å². The lowest BCUT2D eigenvalue weighted by molar-refractivity contribution is 0.272. The Labute approximate surface area is 111 Å². The molecule has 0 aromatic rings. The molecule has 0 aromatic carbocycles. The van der Waals surface area contributed by atoms with Crippen LogP contribution in [0.1, 0.15) is 32.6 Å². The van der Waals surface area contributed by atoms with Crippen molar-refractivity contribution in [1.82, 2.24) is 10.2 Å². The Morgan fingerprint density at radius 2 is 2.06 bits per heavy atom. The van der Waals surface area contributed by atoms with Crippen molar-refractivity contribution in [1.29, 1.82) is 0 Å². The molecule has 1 heterocycles. The molecule has 0 amide bonds. The molecule has 18 heavy (non-hydrogen) atoms. The second kappa shape index (κ2) is 6.35. The highest BCUT2D eigenvalue weighted by molar-refractivity contribution is 7.91. The van der Waals surface area contributed by atoms with Crippen molar-refractivity contribution >= 4 is 9.84 Å². The van der Waals surface area contributed by atoms with E-state index in [-0.39, 0.29) is 0 Å². The number of rotatable bonds is 6. The van der Waals surface area contributed by atoms with E-state index in [0.717, 1.165) is 38.4 Å². The van der Waals surface area contributed by atoms with Gasteiger partial charge in [0.2, 0.25) is 0 Å². The fourth-order valence-electron chi connectivity index (χ4n) is 2.72. The van der Waals surface area contributed by atoms with Crippen LogP contribution in [0, 0.1) is 5.92 Å². The maximum absolute atomic E-state index is 11.7. The van der Waals surface area contributed by atoms with Gasteiger partial charge in [-0.25, -0.2) is 8.42 Å². The first-order chi connectivity index (χ1) is 8.61. The molecule has 106 valence electrons. The second-order valence-electron chi connectivity index (χ2n) is 5.70. The van der Waals surface area contributed by atoms with Crippen molar-refractivity contribution in [2.75, 3.05) is 37.7 Å². The van der Waals surface area contributed by atoms with Gasteiger partial charge in [-0.1, -0.05) is 6.92 Å². The Morgan fingerprint density at radius 3 is 2.72 bits per heavy atom. The van der Waals surface area contributed by atoms with Crippen LogP contribution in [-0.2, 0) is 9.84 Å². The molecule has 0 spiro atoms. The largest absolute Gasteiger partial charge is 0.312 e. The molecule has 0 aromatic heterocycles. The van der Waals surface area contributed by atoms with E-state index in [1.165, 1.54) is 12.8 Å². The molecule has 5 heteroatoms. The number of nitrogens with one attached hydrogen (secondary N) is 1. The third-order valence-electron chi connectivity index (χ3n) is 3.94. The maximum Gasteiger partial charge on any atom is 0.151 e. The maximum atomic E-state index is 11.7. The quantitative estimate of drug-likeness (QED) is 0.781. The molecular weight excluding hydrogens is 248 g/mol. The van der Waals surface area contributed by atoms with E-state index < -0.39 is 9.84 Å². The van der Waals surface area contributed by atoms with Crippen LogP contribution in [0.2, 0.25) is 0 Å². The molecule has 0 bridgehead atoms. The van der Waals surface area contributed by atoms with Crippen molar-refractivity contribution in [2.45, 2.75) is 38.6 Å². The van der Waals surface area contributed by atoms with Gasteiger partial charge in [0.1, 0.15) is 0 Å². The molecule has 4 nitrogen and oxygen atoms in total. The molecule has 1 aliphatic heterocycles. The standard InChI is InChI=1S/C13H26N2O2S/c1-2-9-18(16,17)10-8-15-7-3-6-14-13(11-15)12-4-5-12/h12-14H,2-11H2,1H3. The predicted molar refractivity (Wildman–Crippen MR) is 74.5 cm³/mol. The van der Waals surface area contributed by atoms with Gasteiger partial charge >= 0.3 is 0 Å².